The number of hydrogen-bond acceptors (Lipinski definition) is 3. The van der Waals surface area contributed by atoms with E-state index >= 15 is 0 Å². The van der Waals surface area contributed by atoms with Crippen molar-refractivity contribution in [2.75, 3.05) is 25.0 Å². The highest BCUT2D eigenvalue weighted by Gasteiger charge is 2.10. The fourth-order valence-electron chi connectivity index (χ4n) is 2.48. The predicted octanol–water partition coefficient (Wildman–Crippen LogP) is 2.90. The maximum Gasteiger partial charge on any atom is 0.255 e. The molecule has 2 aromatic rings. The van der Waals surface area contributed by atoms with Crippen molar-refractivity contribution in [3.8, 4) is 0 Å². The summed E-state index contributed by atoms with van der Waals surface area (Å²) in [5.74, 6) is -0.101. The first-order chi connectivity index (χ1) is 12.1. The van der Waals surface area contributed by atoms with Gasteiger partial charge in [0, 0.05) is 24.3 Å². The Morgan fingerprint density at radius 3 is 2.24 bits per heavy atom. The third-order valence-corrected chi connectivity index (χ3v) is 3.84. The number of benzene rings is 2. The van der Waals surface area contributed by atoms with Gasteiger partial charge >= 0.3 is 0 Å². The van der Waals surface area contributed by atoms with Gasteiger partial charge in [0.1, 0.15) is 0 Å². The van der Waals surface area contributed by atoms with E-state index in [-0.39, 0.29) is 11.8 Å². The summed E-state index contributed by atoms with van der Waals surface area (Å²) in [5.41, 5.74) is 2.46. The molecule has 2 amide bonds. The van der Waals surface area contributed by atoms with Crippen LogP contribution in [0.2, 0.25) is 0 Å². The minimum atomic E-state index is -0.132. The van der Waals surface area contributed by atoms with Gasteiger partial charge in [0.15, 0.2) is 0 Å². The molecule has 2 rings (SSSR count). The molecule has 0 saturated carbocycles. The maximum absolute atomic E-state index is 12.2. The Kier molecular flexibility index (Phi) is 7.16. The standard InChI is InChI=1S/C20H25N3O2/c1-3-21-19(24)15-23(4-2)14-16-10-12-17(13-11-16)20(25)22-18-8-6-5-7-9-18/h5-13H,3-4,14-15H2,1-2H3,(H,21,24)(H,22,25). The molecule has 0 atom stereocenters. The summed E-state index contributed by atoms with van der Waals surface area (Å²) in [6.45, 7) is 6.41. The normalized spacial score (nSPS) is 10.5. The summed E-state index contributed by atoms with van der Waals surface area (Å²) < 4.78 is 0. The summed E-state index contributed by atoms with van der Waals surface area (Å²) in [5, 5.41) is 5.68. The largest absolute Gasteiger partial charge is 0.355 e. The van der Waals surface area contributed by atoms with E-state index in [9.17, 15) is 9.59 Å². The van der Waals surface area contributed by atoms with Crippen molar-refractivity contribution in [3.63, 3.8) is 0 Å². The van der Waals surface area contributed by atoms with E-state index in [0.29, 0.717) is 25.2 Å². The molecule has 0 radical (unpaired) electrons. The molecule has 132 valence electrons. The Bertz CT molecular complexity index is 684. The lowest BCUT2D eigenvalue weighted by Gasteiger charge is -2.19. The van der Waals surface area contributed by atoms with Gasteiger partial charge in [-0.15, -0.1) is 0 Å². The molecule has 5 nitrogen and oxygen atoms in total. The van der Waals surface area contributed by atoms with Crippen molar-refractivity contribution in [1.82, 2.24) is 10.2 Å². The highest BCUT2D eigenvalue weighted by molar-refractivity contribution is 6.04. The second-order valence-electron chi connectivity index (χ2n) is 5.77. The van der Waals surface area contributed by atoms with Gasteiger partial charge in [0.05, 0.1) is 6.54 Å². The number of rotatable bonds is 8. The van der Waals surface area contributed by atoms with E-state index in [1.54, 1.807) is 0 Å². The minimum Gasteiger partial charge on any atom is -0.355 e. The van der Waals surface area contributed by atoms with Crippen LogP contribution in [0.4, 0.5) is 5.69 Å². The molecule has 0 fully saturated rings. The average molecular weight is 339 g/mol. The monoisotopic (exact) mass is 339 g/mol. The number of amides is 2. The van der Waals surface area contributed by atoms with Gasteiger partial charge < -0.3 is 10.6 Å². The van der Waals surface area contributed by atoms with Crippen molar-refractivity contribution >= 4 is 17.5 Å². The molecular formula is C20H25N3O2. The van der Waals surface area contributed by atoms with E-state index in [1.165, 1.54) is 0 Å². The number of nitrogens with zero attached hydrogens (tertiary/aromatic N) is 1. The molecule has 0 bridgehead atoms. The second kappa shape index (κ2) is 9.59. The molecule has 0 saturated heterocycles. The van der Waals surface area contributed by atoms with E-state index in [0.717, 1.165) is 17.8 Å². The number of carbonyl (C=O) groups is 2. The molecule has 0 aliphatic carbocycles. The van der Waals surface area contributed by atoms with E-state index < -0.39 is 0 Å². The van der Waals surface area contributed by atoms with Crippen molar-refractivity contribution in [3.05, 3.63) is 65.7 Å². The van der Waals surface area contributed by atoms with Crippen LogP contribution in [-0.4, -0.2) is 36.3 Å². The number of likely N-dealkylation sites (N-methyl/N-ethyl adjacent to an activating group) is 2. The van der Waals surface area contributed by atoms with Crippen LogP contribution in [0.15, 0.2) is 54.6 Å². The second-order valence-corrected chi connectivity index (χ2v) is 5.77. The lowest BCUT2D eigenvalue weighted by Crippen LogP contribution is -2.36. The average Bonchev–Trinajstić information content (AvgIpc) is 2.62. The lowest BCUT2D eigenvalue weighted by molar-refractivity contribution is -0.122. The Morgan fingerprint density at radius 1 is 0.960 bits per heavy atom. The van der Waals surface area contributed by atoms with Crippen molar-refractivity contribution in [2.24, 2.45) is 0 Å². The highest BCUT2D eigenvalue weighted by Crippen LogP contribution is 2.11. The molecular weight excluding hydrogens is 314 g/mol. The number of anilines is 1. The minimum absolute atomic E-state index is 0.0307. The van der Waals surface area contributed by atoms with Crippen LogP contribution >= 0.6 is 0 Å². The van der Waals surface area contributed by atoms with Gasteiger partial charge in [-0.05, 0) is 43.3 Å². The van der Waals surface area contributed by atoms with Gasteiger partial charge in [0.25, 0.3) is 5.91 Å². The first-order valence-electron chi connectivity index (χ1n) is 8.56. The first-order valence-corrected chi connectivity index (χ1v) is 8.56. The zero-order valence-corrected chi connectivity index (χ0v) is 14.8. The SMILES string of the molecule is CCNC(=O)CN(CC)Cc1ccc(C(=O)Nc2ccccc2)cc1. The van der Waals surface area contributed by atoms with Crippen molar-refractivity contribution < 1.29 is 9.59 Å². The first kappa shape index (κ1) is 18.7. The number of hydrogen-bond donors (Lipinski definition) is 2. The summed E-state index contributed by atoms with van der Waals surface area (Å²) in [6.07, 6.45) is 0. The van der Waals surface area contributed by atoms with E-state index in [4.69, 9.17) is 0 Å². The molecule has 0 heterocycles. The fourth-order valence-corrected chi connectivity index (χ4v) is 2.48. The zero-order valence-electron chi connectivity index (χ0n) is 14.8. The van der Waals surface area contributed by atoms with E-state index in [1.807, 2.05) is 68.4 Å². The highest BCUT2D eigenvalue weighted by atomic mass is 16.2. The molecule has 2 N–H and O–H groups in total. The number of carbonyl (C=O) groups excluding carboxylic acids is 2. The van der Waals surface area contributed by atoms with Crippen molar-refractivity contribution in [1.29, 1.82) is 0 Å². The van der Waals surface area contributed by atoms with Crippen LogP contribution in [0, 0.1) is 0 Å². The topological polar surface area (TPSA) is 61.4 Å². The van der Waals surface area contributed by atoms with E-state index in [2.05, 4.69) is 15.5 Å². The van der Waals surface area contributed by atoms with Gasteiger partial charge in [-0.1, -0.05) is 37.3 Å². The van der Waals surface area contributed by atoms with Crippen LogP contribution in [-0.2, 0) is 11.3 Å². The molecule has 2 aromatic carbocycles. The van der Waals surface area contributed by atoms with Crippen LogP contribution in [0.5, 0.6) is 0 Å². The van der Waals surface area contributed by atoms with Crippen LogP contribution in [0.25, 0.3) is 0 Å². The van der Waals surface area contributed by atoms with Crippen LogP contribution < -0.4 is 10.6 Å². The van der Waals surface area contributed by atoms with Crippen molar-refractivity contribution in [2.45, 2.75) is 20.4 Å². The third kappa shape index (κ3) is 6.04. The van der Waals surface area contributed by atoms with Crippen LogP contribution in [0.3, 0.4) is 0 Å². The van der Waals surface area contributed by atoms with Gasteiger partial charge in [-0.2, -0.15) is 0 Å². The maximum atomic E-state index is 12.2. The Hall–Kier alpha value is -2.66. The van der Waals surface area contributed by atoms with Gasteiger partial charge in [0.2, 0.25) is 5.91 Å². The number of para-hydroxylation sites is 1. The molecule has 0 aromatic heterocycles. The summed E-state index contributed by atoms with van der Waals surface area (Å²) >= 11 is 0. The van der Waals surface area contributed by atoms with Gasteiger partial charge in [-0.25, -0.2) is 0 Å². The Labute approximate surface area is 149 Å². The molecule has 0 spiro atoms. The fraction of sp³-hybridized carbons (Fsp3) is 0.300. The molecule has 5 heteroatoms. The molecule has 25 heavy (non-hydrogen) atoms. The van der Waals surface area contributed by atoms with Crippen LogP contribution in [0.1, 0.15) is 29.8 Å². The summed E-state index contributed by atoms with van der Waals surface area (Å²) in [4.78, 5) is 26.0. The Balaban J connectivity index is 1.94. The van der Waals surface area contributed by atoms with Gasteiger partial charge in [-0.3, -0.25) is 14.5 Å². The Morgan fingerprint density at radius 2 is 1.64 bits per heavy atom. The molecule has 0 aliphatic heterocycles. The quantitative estimate of drug-likeness (QED) is 0.777. The molecule has 0 aliphatic rings. The smallest absolute Gasteiger partial charge is 0.255 e. The lowest BCUT2D eigenvalue weighted by atomic mass is 10.1. The number of nitrogens with one attached hydrogen (secondary N) is 2. The predicted molar refractivity (Wildman–Crippen MR) is 100 cm³/mol. The third-order valence-electron chi connectivity index (χ3n) is 3.84. The molecule has 0 unspecified atom stereocenters. The summed E-state index contributed by atoms with van der Waals surface area (Å²) in [7, 11) is 0. The summed E-state index contributed by atoms with van der Waals surface area (Å²) in [6, 6.07) is 16.9. The zero-order chi connectivity index (χ0) is 18.1.